The highest BCUT2D eigenvalue weighted by Gasteiger charge is 2.13. The second kappa shape index (κ2) is 6.15. The lowest BCUT2D eigenvalue weighted by atomic mass is 10.1. The summed E-state index contributed by atoms with van der Waals surface area (Å²) in [6, 6.07) is 6.17. The number of benzene rings is 1. The Morgan fingerprint density at radius 1 is 0.952 bits per heavy atom. The number of aromatic nitrogens is 4. The third-order valence-corrected chi connectivity index (χ3v) is 4.63. The van der Waals surface area contributed by atoms with Gasteiger partial charge in [-0.1, -0.05) is 37.2 Å². The van der Waals surface area contributed by atoms with Crippen LogP contribution in [0.25, 0.3) is 21.9 Å². The van der Waals surface area contributed by atoms with Crippen LogP contribution in [0, 0.1) is 6.92 Å². The van der Waals surface area contributed by atoms with E-state index in [1.165, 1.54) is 5.56 Å². The first-order valence-electron chi connectivity index (χ1n) is 6.93. The molecular formula is C15H16N4S2. The van der Waals surface area contributed by atoms with Crippen LogP contribution in [0.3, 0.4) is 0 Å². The van der Waals surface area contributed by atoms with Gasteiger partial charge in [-0.25, -0.2) is 9.97 Å². The molecule has 0 aliphatic carbocycles. The second-order valence-electron chi connectivity index (χ2n) is 4.60. The fourth-order valence-corrected chi connectivity index (χ4v) is 3.48. The average Bonchev–Trinajstić information content (AvgIpc) is 2.48. The van der Waals surface area contributed by atoms with Crippen LogP contribution < -0.4 is 0 Å². The van der Waals surface area contributed by atoms with Crippen molar-refractivity contribution in [3.63, 3.8) is 0 Å². The molecule has 1 aromatic carbocycles. The molecule has 0 saturated heterocycles. The van der Waals surface area contributed by atoms with E-state index in [2.05, 4.69) is 42.0 Å². The molecule has 6 heteroatoms. The maximum atomic E-state index is 4.71. The summed E-state index contributed by atoms with van der Waals surface area (Å²) in [5, 5.41) is 11.5. The van der Waals surface area contributed by atoms with Crippen LogP contribution in [0.4, 0.5) is 0 Å². The van der Waals surface area contributed by atoms with Crippen molar-refractivity contribution >= 4 is 45.5 Å². The Bertz CT molecular complexity index is 804. The van der Waals surface area contributed by atoms with E-state index in [1.54, 1.807) is 23.5 Å². The standard InChI is InChI=1S/C15H16N4S2/c1-4-20-14-13-12(16-15(17-14)21-5-2)10-8-9(3)6-7-11(10)18-19-13/h6-8H,4-5H2,1-3H3. The Balaban J connectivity index is 2.36. The minimum atomic E-state index is 0.806. The average molecular weight is 316 g/mol. The monoisotopic (exact) mass is 316 g/mol. The van der Waals surface area contributed by atoms with E-state index >= 15 is 0 Å². The van der Waals surface area contributed by atoms with Gasteiger partial charge in [0.05, 0.1) is 5.52 Å². The Kier molecular flexibility index (Phi) is 4.26. The Morgan fingerprint density at radius 3 is 2.52 bits per heavy atom. The van der Waals surface area contributed by atoms with Gasteiger partial charge in [0, 0.05) is 5.39 Å². The normalized spacial score (nSPS) is 11.4. The van der Waals surface area contributed by atoms with Gasteiger partial charge in [-0.05, 0) is 30.6 Å². The zero-order chi connectivity index (χ0) is 14.8. The van der Waals surface area contributed by atoms with Gasteiger partial charge in [-0.15, -0.1) is 22.0 Å². The summed E-state index contributed by atoms with van der Waals surface area (Å²) in [5.74, 6) is 1.91. The van der Waals surface area contributed by atoms with Gasteiger partial charge < -0.3 is 0 Å². The Hall–Kier alpha value is -1.40. The molecule has 0 aliphatic rings. The van der Waals surface area contributed by atoms with E-state index in [1.807, 2.05) is 12.1 Å². The lowest BCUT2D eigenvalue weighted by Crippen LogP contribution is -1.98. The van der Waals surface area contributed by atoms with Gasteiger partial charge in [-0.2, -0.15) is 0 Å². The molecule has 0 aliphatic heterocycles. The number of rotatable bonds is 4. The molecular weight excluding hydrogens is 300 g/mol. The summed E-state index contributed by atoms with van der Waals surface area (Å²) in [4.78, 5) is 9.34. The Labute approximate surface area is 132 Å². The molecule has 0 atom stereocenters. The third kappa shape index (κ3) is 2.82. The molecule has 3 rings (SSSR count). The van der Waals surface area contributed by atoms with Gasteiger partial charge in [0.1, 0.15) is 16.1 Å². The van der Waals surface area contributed by atoms with Crippen molar-refractivity contribution in [3.05, 3.63) is 23.8 Å². The number of nitrogens with zero attached hydrogens (tertiary/aromatic N) is 4. The maximum Gasteiger partial charge on any atom is 0.189 e. The van der Waals surface area contributed by atoms with Crippen molar-refractivity contribution < 1.29 is 0 Å². The zero-order valence-corrected chi connectivity index (χ0v) is 13.9. The maximum absolute atomic E-state index is 4.71. The highest BCUT2D eigenvalue weighted by molar-refractivity contribution is 7.99. The molecule has 0 radical (unpaired) electrons. The molecule has 2 aromatic heterocycles. The van der Waals surface area contributed by atoms with Gasteiger partial charge in [0.25, 0.3) is 0 Å². The first-order chi connectivity index (χ1) is 10.2. The molecule has 0 spiro atoms. The molecule has 2 heterocycles. The molecule has 0 N–H and O–H groups in total. The summed E-state index contributed by atoms with van der Waals surface area (Å²) in [6.07, 6.45) is 0. The van der Waals surface area contributed by atoms with Gasteiger partial charge in [-0.3, -0.25) is 0 Å². The fourth-order valence-electron chi connectivity index (χ4n) is 2.15. The molecule has 0 amide bonds. The lowest BCUT2D eigenvalue weighted by Gasteiger charge is -2.08. The van der Waals surface area contributed by atoms with Crippen molar-refractivity contribution in [2.24, 2.45) is 0 Å². The summed E-state index contributed by atoms with van der Waals surface area (Å²) in [5.41, 5.74) is 3.79. The molecule has 0 unspecified atom stereocenters. The van der Waals surface area contributed by atoms with Gasteiger partial charge in [0.15, 0.2) is 5.16 Å². The predicted molar refractivity (Wildman–Crippen MR) is 90.2 cm³/mol. The van der Waals surface area contributed by atoms with Crippen molar-refractivity contribution in [2.45, 2.75) is 31.0 Å². The topological polar surface area (TPSA) is 51.6 Å². The molecule has 21 heavy (non-hydrogen) atoms. The highest BCUT2D eigenvalue weighted by atomic mass is 32.2. The molecule has 3 aromatic rings. The van der Waals surface area contributed by atoms with Crippen molar-refractivity contribution in [1.29, 1.82) is 0 Å². The minimum Gasteiger partial charge on any atom is -0.220 e. The van der Waals surface area contributed by atoms with Gasteiger partial charge >= 0.3 is 0 Å². The summed E-state index contributed by atoms with van der Waals surface area (Å²) in [7, 11) is 0. The van der Waals surface area contributed by atoms with Crippen LogP contribution in [0.2, 0.25) is 0 Å². The van der Waals surface area contributed by atoms with Crippen LogP contribution in [0.5, 0.6) is 0 Å². The van der Waals surface area contributed by atoms with E-state index in [4.69, 9.17) is 4.98 Å². The van der Waals surface area contributed by atoms with Crippen LogP contribution >= 0.6 is 23.5 Å². The fraction of sp³-hybridized carbons (Fsp3) is 0.333. The third-order valence-electron chi connectivity index (χ3n) is 3.05. The molecule has 0 bridgehead atoms. The second-order valence-corrected chi connectivity index (χ2v) is 7.08. The van der Waals surface area contributed by atoms with Crippen molar-refractivity contribution in [1.82, 2.24) is 20.2 Å². The SMILES string of the molecule is CCSc1nc(SCC)c2nnc3ccc(C)cc3c2n1. The summed E-state index contributed by atoms with van der Waals surface area (Å²) >= 11 is 3.35. The van der Waals surface area contributed by atoms with E-state index in [0.29, 0.717) is 0 Å². The molecule has 0 fully saturated rings. The van der Waals surface area contributed by atoms with Crippen LogP contribution in [0.15, 0.2) is 28.4 Å². The van der Waals surface area contributed by atoms with Crippen molar-refractivity contribution in [3.8, 4) is 0 Å². The quantitative estimate of drug-likeness (QED) is 0.312. The number of aryl methyl sites for hydroxylation is 1. The van der Waals surface area contributed by atoms with Crippen LogP contribution in [-0.4, -0.2) is 31.7 Å². The summed E-state index contributed by atoms with van der Waals surface area (Å²) < 4.78 is 0. The van der Waals surface area contributed by atoms with Crippen LogP contribution in [0.1, 0.15) is 19.4 Å². The summed E-state index contributed by atoms with van der Waals surface area (Å²) in [6.45, 7) is 6.30. The lowest BCUT2D eigenvalue weighted by molar-refractivity contribution is 0.913. The first kappa shape index (κ1) is 14.5. The zero-order valence-electron chi connectivity index (χ0n) is 12.3. The minimum absolute atomic E-state index is 0.806. The molecule has 4 nitrogen and oxygen atoms in total. The van der Waals surface area contributed by atoms with Crippen LogP contribution in [-0.2, 0) is 0 Å². The van der Waals surface area contributed by atoms with E-state index < -0.39 is 0 Å². The molecule has 0 saturated carbocycles. The highest BCUT2D eigenvalue weighted by Crippen LogP contribution is 2.30. The number of thioether (sulfide) groups is 2. The first-order valence-corrected chi connectivity index (χ1v) is 8.90. The van der Waals surface area contributed by atoms with Gasteiger partial charge in [0.2, 0.25) is 0 Å². The van der Waals surface area contributed by atoms with E-state index in [-0.39, 0.29) is 0 Å². The predicted octanol–water partition coefficient (Wildman–Crippen LogP) is 4.11. The van der Waals surface area contributed by atoms with E-state index in [0.717, 1.165) is 43.6 Å². The number of fused-ring (bicyclic) bond motifs is 3. The van der Waals surface area contributed by atoms with E-state index in [9.17, 15) is 0 Å². The Morgan fingerprint density at radius 2 is 1.76 bits per heavy atom. The largest absolute Gasteiger partial charge is 0.220 e. The number of hydrogen-bond donors (Lipinski definition) is 0. The van der Waals surface area contributed by atoms with Crippen molar-refractivity contribution in [2.75, 3.05) is 11.5 Å². The number of hydrogen-bond acceptors (Lipinski definition) is 6. The molecule has 108 valence electrons. The smallest absolute Gasteiger partial charge is 0.189 e.